The number of hydrogen-bond acceptors (Lipinski definition) is 4. The Balaban J connectivity index is 1.64. The summed E-state index contributed by atoms with van der Waals surface area (Å²) >= 11 is 0. The summed E-state index contributed by atoms with van der Waals surface area (Å²) in [5.41, 5.74) is 2.25. The van der Waals surface area contributed by atoms with Crippen LogP contribution in [0, 0.1) is 19.3 Å². The number of hydrogen-bond donors (Lipinski definition) is 1. The highest BCUT2D eigenvalue weighted by Crippen LogP contribution is 2.47. The second kappa shape index (κ2) is 4.64. The highest BCUT2D eigenvalue weighted by Gasteiger charge is 2.43. The largest absolute Gasteiger partial charge is 0.368 e. The number of aryl methyl sites for hydroxylation is 2. The molecule has 0 bridgehead atoms. The van der Waals surface area contributed by atoms with Crippen LogP contribution in [0.25, 0.3) is 0 Å². The van der Waals surface area contributed by atoms with E-state index < -0.39 is 0 Å². The fraction of sp³-hybridized carbons (Fsp3) is 0.500. The Morgan fingerprint density at radius 1 is 1.37 bits per heavy atom. The van der Waals surface area contributed by atoms with Gasteiger partial charge in [-0.15, -0.1) is 0 Å². The summed E-state index contributed by atoms with van der Waals surface area (Å²) in [6, 6.07) is 1.97. The maximum atomic E-state index is 4.50. The molecule has 5 heteroatoms. The lowest BCUT2D eigenvalue weighted by Gasteiger charge is -2.17. The SMILES string of the molecule is Cc1cnc(C)c(NCC2(Cn3cccn3)CC2)n1. The molecule has 2 heterocycles. The number of anilines is 1. The summed E-state index contributed by atoms with van der Waals surface area (Å²) in [6.07, 6.45) is 8.16. The molecule has 0 spiro atoms. The Morgan fingerprint density at radius 3 is 2.89 bits per heavy atom. The van der Waals surface area contributed by atoms with Crippen LogP contribution >= 0.6 is 0 Å². The summed E-state index contributed by atoms with van der Waals surface area (Å²) in [4.78, 5) is 8.84. The normalized spacial score (nSPS) is 16.3. The zero-order valence-electron chi connectivity index (χ0n) is 11.4. The highest BCUT2D eigenvalue weighted by molar-refractivity contribution is 5.40. The van der Waals surface area contributed by atoms with Crippen molar-refractivity contribution >= 4 is 5.82 Å². The van der Waals surface area contributed by atoms with Gasteiger partial charge in [0.25, 0.3) is 0 Å². The second-order valence-corrected chi connectivity index (χ2v) is 5.50. The fourth-order valence-corrected chi connectivity index (χ4v) is 2.28. The van der Waals surface area contributed by atoms with Gasteiger partial charge in [0.2, 0.25) is 0 Å². The quantitative estimate of drug-likeness (QED) is 0.892. The molecule has 1 fully saturated rings. The van der Waals surface area contributed by atoms with Crippen LogP contribution in [0.2, 0.25) is 0 Å². The molecule has 0 atom stereocenters. The third-order valence-corrected chi connectivity index (χ3v) is 3.72. The molecule has 1 N–H and O–H groups in total. The molecule has 3 rings (SSSR count). The van der Waals surface area contributed by atoms with Crippen molar-refractivity contribution in [2.24, 2.45) is 5.41 Å². The first-order valence-corrected chi connectivity index (χ1v) is 6.68. The minimum atomic E-state index is 0.337. The van der Waals surface area contributed by atoms with Crippen LogP contribution in [0.5, 0.6) is 0 Å². The highest BCUT2D eigenvalue weighted by atomic mass is 15.3. The van der Waals surface area contributed by atoms with Crippen LogP contribution in [-0.4, -0.2) is 26.3 Å². The third kappa shape index (κ3) is 2.75. The molecule has 1 aliphatic carbocycles. The molecule has 19 heavy (non-hydrogen) atoms. The van der Waals surface area contributed by atoms with Gasteiger partial charge in [-0.3, -0.25) is 9.67 Å². The molecule has 0 amide bonds. The molecule has 5 nitrogen and oxygen atoms in total. The average molecular weight is 257 g/mol. The number of nitrogens with zero attached hydrogens (tertiary/aromatic N) is 4. The van der Waals surface area contributed by atoms with Crippen molar-refractivity contribution in [2.45, 2.75) is 33.2 Å². The first-order chi connectivity index (χ1) is 9.17. The zero-order valence-corrected chi connectivity index (χ0v) is 11.4. The van der Waals surface area contributed by atoms with Crippen molar-refractivity contribution < 1.29 is 0 Å². The van der Waals surface area contributed by atoms with E-state index in [2.05, 4.69) is 20.4 Å². The van der Waals surface area contributed by atoms with E-state index in [9.17, 15) is 0 Å². The van der Waals surface area contributed by atoms with Crippen molar-refractivity contribution in [2.75, 3.05) is 11.9 Å². The Kier molecular flexibility index (Phi) is 2.97. The summed E-state index contributed by atoms with van der Waals surface area (Å²) in [6.45, 7) is 5.87. The van der Waals surface area contributed by atoms with Gasteiger partial charge in [0.05, 0.1) is 11.4 Å². The van der Waals surface area contributed by atoms with Gasteiger partial charge in [0, 0.05) is 37.1 Å². The van der Waals surface area contributed by atoms with E-state index >= 15 is 0 Å². The smallest absolute Gasteiger partial charge is 0.147 e. The standard InChI is InChI=1S/C14H19N5/c1-11-8-15-12(2)13(18-11)16-9-14(4-5-14)10-19-7-3-6-17-19/h3,6-8H,4-5,9-10H2,1-2H3,(H,16,18). The van der Waals surface area contributed by atoms with Gasteiger partial charge in [-0.2, -0.15) is 5.10 Å². The van der Waals surface area contributed by atoms with Gasteiger partial charge in [-0.05, 0) is 32.8 Å². The molecule has 0 aromatic carbocycles. The van der Waals surface area contributed by atoms with E-state index in [4.69, 9.17) is 0 Å². The predicted octanol–water partition coefficient (Wildman–Crippen LogP) is 2.18. The van der Waals surface area contributed by atoms with E-state index in [0.29, 0.717) is 5.41 Å². The van der Waals surface area contributed by atoms with Gasteiger partial charge >= 0.3 is 0 Å². The Labute approximate surface area is 113 Å². The van der Waals surface area contributed by atoms with Gasteiger partial charge in [0.1, 0.15) is 5.82 Å². The Bertz CT molecular complexity index is 557. The molecule has 0 saturated heterocycles. The molecule has 1 saturated carbocycles. The van der Waals surface area contributed by atoms with E-state index in [1.165, 1.54) is 12.8 Å². The van der Waals surface area contributed by atoms with Crippen LogP contribution in [0.3, 0.4) is 0 Å². The predicted molar refractivity (Wildman–Crippen MR) is 73.9 cm³/mol. The number of rotatable bonds is 5. The lowest BCUT2D eigenvalue weighted by Crippen LogP contribution is -2.22. The van der Waals surface area contributed by atoms with Crippen LogP contribution in [0.4, 0.5) is 5.82 Å². The summed E-state index contributed by atoms with van der Waals surface area (Å²) in [5, 5.41) is 7.74. The maximum absolute atomic E-state index is 4.50. The van der Waals surface area contributed by atoms with Gasteiger partial charge in [-0.25, -0.2) is 4.98 Å². The lowest BCUT2D eigenvalue weighted by atomic mass is 10.1. The number of nitrogens with one attached hydrogen (secondary N) is 1. The Morgan fingerprint density at radius 2 is 2.21 bits per heavy atom. The van der Waals surface area contributed by atoms with E-state index in [1.807, 2.05) is 37.0 Å². The van der Waals surface area contributed by atoms with Crippen molar-refractivity contribution in [1.29, 1.82) is 0 Å². The van der Waals surface area contributed by atoms with Crippen LogP contribution in [-0.2, 0) is 6.54 Å². The monoisotopic (exact) mass is 257 g/mol. The number of aromatic nitrogens is 4. The molecule has 0 unspecified atom stereocenters. The molecule has 1 aliphatic rings. The molecule has 0 radical (unpaired) electrons. The maximum Gasteiger partial charge on any atom is 0.147 e. The summed E-state index contributed by atoms with van der Waals surface area (Å²) < 4.78 is 2.02. The van der Waals surface area contributed by atoms with Crippen molar-refractivity contribution in [3.8, 4) is 0 Å². The molecular formula is C14H19N5. The second-order valence-electron chi connectivity index (χ2n) is 5.50. The molecule has 2 aromatic heterocycles. The lowest BCUT2D eigenvalue weighted by molar-refractivity contribution is 0.416. The van der Waals surface area contributed by atoms with Gasteiger partial charge < -0.3 is 5.32 Å². The molecule has 0 aliphatic heterocycles. The summed E-state index contributed by atoms with van der Waals surface area (Å²) in [7, 11) is 0. The zero-order chi connectivity index (χ0) is 13.3. The van der Waals surface area contributed by atoms with Crippen molar-refractivity contribution in [3.05, 3.63) is 36.0 Å². The van der Waals surface area contributed by atoms with Crippen LogP contribution in [0.15, 0.2) is 24.7 Å². The van der Waals surface area contributed by atoms with Gasteiger partial charge in [-0.1, -0.05) is 0 Å². The molecular weight excluding hydrogens is 238 g/mol. The fourth-order valence-electron chi connectivity index (χ4n) is 2.28. The van der Waals surface area contributed by atoms with E-state index in [-0.39, 0.29) is 0 Å². The molecule has 2 aromatic rings. The first kappa shape index (κ1) is 12.1. The van der Waals surface area contributed by atoms with Crippen LogP contribution in [0.1, 0.15) is 24.2 Å². The van der Waals surface area contributed by atoms with Gasteiger partial charge in [0.15, 0.2) is 0 Å². The average Bonchev–Trinajstić information content (AvgIpc) is 2.95. The third-order valence-electron chi connectivity index (χ3n) is 3.72. The van der Waals surface area contributed by atoms with Crippen molar-refractivity contribution in [1.82, 2.24) is 19.7 Å². The first-order valence-electron chi connectivity index (χ1n) is 6.68. The molecule has 100 valence electrons. The minimum Gasteiger partial charge on any atom is -0.368 e. The van der Waals surface area contributed by atoms with E-state index in [0.717, 1.165) is 30.3 Å². The minimum absolute atomic E-state index is 0.337. The Hall–Kier alpha value is -1.91. The van der Waals surface area contributed by atoms with E-state index in [1.54, 1.807) is 6.20 Å². The topological polar surface area (TPSA) is 55.6 Å². The summed E-state index contributed by atoms with van der Waals surface area (Å²) in [5.74, 6) is 0.909. The van der Waals surface area contributed by atoms with Crippen molar-refractivity contribution in [3.63, 3.8) is 0 Å². The van der Waals surface area contributed by atoms with Crippen LogP contribution < -0.4 is 5.32 Å².